The molecule has 0 fully saturated rings. The summed E-state index contributed by atoms with van der Waals surface area (Å²) >= 11 is 0. The molecule has 1 unspecified atom stereocenters. The maximum absolute atomic E-state index is 8.68. The van der Waals surface area contributed by atoms with Gasteiger partial charge in [-0.25, -0.2) is 0 Å². The summed E-state index contributed by atoms with van der Waals surface area (Å²) in [6.45, 7) is 3.62. The number of aliphatic hydroxyl groups excluding tert-OH is 1. The molecule has 0 spiro atoms. The van der Waals surface area contributed by atoms with Crippen molar-refractivity contribution in [1.82, 2.24) is 4.90 Å². The molecule has 3 heteroatoms. The van der Waals surface area contributed by atoms with Gasteiger partial charge in [0.2, 0.25) is 0 Å². The molecule has 0 saturated heterocycles. The standard InChI is InChI=1S/C15H21NO2/c1-13(12-18-3)16(2)11-15-7-4-6-14(10-15)8-5-9-17/h4,6-7,10,13,17H,9,11-12H2,1-3H3. The highest BCUT2D eigenvalue weighted by atomic mass is 16.5. The Morgan fingerprint density at radius 1 is 1.44 bits per heavy atom. The van der Waals surface area contributed by atoms with Crippen LogP contribution >= 0.6 is 0 Å². The van der Waals surface area contributed by atoms with Crippen molar-refractivity contribution in [3.8, 4) is 11.8 Å². The maximum atomic E-state index is 8.68. The van der Waals surface area contributed by atoms with Crippen LogP contribution in [0, 0.1) is 11.8 Å². The lowest BCUT2D eigenvalue weighted by Crippen LogP contribution is -2.32. The number of hydrogen-bond donors (Lipinski definition) is 1. The lowest BCUT2D eigenvalue weighted by atomic mass is 10.1. The summed E-state index contributed by atoms with van der Waals surface area (Å²) in [5.41, 5.74) is 2.15. The molecule has 0 bridgehead atoms. The topological polar surface area (TPSA) is 32.7 Å². The minimum absolute atomic E-state index is 0.102. The molecule has 0 saturated carbocycles. The van der Waals surface area contributed by atoms with Crippen LogP contribution in [0.3, 0.4) is 0 Å². The molecule has 0 aliphatic rings. The largest absolute Gasteiger partial charge is 0.384 e. The van der Waals surface area contributed by atoms with E-state index in [9.17, 15) is 0 Å². The Bertz CT molecular complexity index is 420. The fourth-order valence-corrected chi connectivity index (χ4v) is 1.70. The first-order valence-electron chi connectivity index (χ1n) is 6.05. The van der Waals surface area contributed by atoms with Gasteiger partial charge in [-0.1, -0.05) is 24.0 Å². The number of ether oxygens (including phenoxy) is 1. The minimum atomic E-state index is -0.102. The Hall–Kier alpha value is -1.34. The van der Waals surface area contributed by atoms with Crippen molar-refractivity contribution in [2.24, 2.45) is 0 Å². The fourth-order valence-electron chi connectivity index (χ4n) is 1.70. The van der Waals surface area contributed by atoms with Gasteiger partial charge in [0, 0.05) is 25.3 Å². The third-order valence-electron chi connectivity index (χ3n) is 2.83. The number of nitrogens with zero attached hydrogens (tertiary/aromatic N) is 1. The van der Waals surface area contributed by atoms with Crippen LogP contribution in [-0.2, 0) is 11.3 Å². The maximum Gasteiger partial charge on any atom is 0.104 e. The van der Waals surface area contributed by atoms with Crippen LogP contribution in [-0.4, -0.2) is 43.4 Å². The van der Waals surface area contributed by atoms with E-state index >= 15 is 0 Å². The quantitative estimate of drug-likeness (QED) is 0.800. The van der Waals surface area contributed by atoms with E-state index in [1.807, 2.05) is 12.1 Å². The van der Waals surface area contributed by atoms with E-state index < -0.39 is 0 Å². The van der Waals surface area contributed by atoms with E-state index in [1.54, 1.807) is 7.11 Å². The Kier molecular flexibility index (Phi) is 6.45. The molecular weight excluding hydrogens is 226 g/mol. The molecule has 0 amide bonds. The van der Waals surface area contributed by atoms with Gasteiger partial charge in [-0.2, -0.15) is 0 Å². The average molecular weight is 247 g/mol. The van der Waals surface area contributed by atoms with Gasteiger partial charge in [-0.3, -0.25) is 4.90 Å². The molecule has 0 aliphatic carbocycles. The van der Waals surface area contributed by atoms with Crippen LogP contribution in [0.5, 0.6) is 0 Å². The van der Waals surface area contributed by atoms with Gasteiger partial charge in [-0.15, -0.1) is 0 Å². The van der Waals surface area contributed by atoms with E-state index in [2.05, 4.69) is 42.8 Å². The molecule has 1 rings (SSSR count). The van der Waals surface area contributed by atoms with E-state index in [0.717, 1.165) is 18.7 Å². The van der Waals surface area contributed by atoms with Crippen LogP contribution < -0.4 is 0 Å². The van der Waals surface area contributed by atoms with Crippen LogP contribution in [0.25, 0.3) is 0 Å². The van der Waals surface area contributed by atoms with Crippen molar-refractivity contribution in [2.75, 3.05) is 27.4 Å². The lowest BCUT2D eigenvalue weighted by molar-refractivity contribution is 0.112. The fraction of sp³-hybridized carbons (Fsp3) is 0.467. The molecule has 1 aromatic rings. The summed E-state index contributed by atoms with van der Waals surface area (Å²) in [4.78, 5) is 2.24. The Balaban J connectivity index is 2.67. The third-order valence-corrected chi connectivity index (χ3v) is 2.83. The first-order chi connectivity index (χ1) is 8.67. The summed E-state index contributed by atoms with van der Waals surface area (Å²) in [5, 5.41) is 8.68. The molecule has 0 aliphatic heterocycles. The van der Waals surface area contributed by atoms with E-state index in [4.69, 9.17) is 9.84 Å². The van der Waals surface area contributed by atoms with E-state index in [-0.39, 0.29) is 6.61 Å². The predicted molar refractivity (Wildman–Crippen MR) is 73.2 cm³/mol. The first kappa shape index (κ1) is 14.7. The number of likely N-dealkylation sites (N-methyl/N-ethyl adjacent to an activating group) is 1. The summed E-state index contributed by atoms with van der Waals surface area (Å²) in [6, 6.07) is 8.46. The Morgan fingerprint density at radius 3 is 2.89 bits per heavy atom. The van der Waals surface area contributed by atoms with Crippen molar-refractivity contribution in [2.45, 2.75) is 19.5 Å². The number of aliphatic hydroxyl groups is 1. The molecule has 3 nitrogen and oxygen atoms in total. The summed E-state index contributed by atoms with van der Waals surface area (Å²) < 4.78 is 5.15. The van der Waals surface area contributed by atoms with E-state index in [0.29, 0.717) is 6.04 Å². The molecule has 18 heavy (non-hydrogen) atoms. The van der Waals surface area contributed by atoms with Gasteiger partial charge in [0.05, 0.1) is 6.61 Å². The summed E-state index contributed by atoms with van der Waals surface area (Å²) in [7, 11) is 3.80. The number of methoxy groups -OCH3 is 1. The highest BCUT2D eigenvalue weighted by molar-refractivity contribution is 5.37. The highest BCUT2D eigenvalue weighted by Gasteiger charge is 2.09. The lowest BCUT2D eigenvalue weighted by Gasteiger charge is -2.24. The monoisotopic (exact) mass is 247 g/mol. The number of benzene rings is 1. The normalized spacial score (nSPS) is 12.1. The van der Waals surface area contributed by atoms with Crippen LogP contribution in [0.2, 0.25) is 0 Å². The second-order valence-corrected chi connectivity index (χ2v) is 4.38. The van der Waals surface area contributed by atoms with Crippen molar-refractivity contribution >= 4 is 0 Å². The number of rotatable bonds is 5. The molecule has 1 aromatic carbocycles. The zero-order valence-corrected chi connectivity index (χ0v) is 11.3. The molecule has 0 heterocycles. The molecule has 98 valence electrons. The van der Waals surface area contributed by atoms with Crippen LogP contribution in [0.1, 0.15) is 18.1 Å². The Labute approximate surface area is 109 Å². The van der Waals surface area contributed by atoms with Crippen molar-refractivity contribution in [3.05, 3.63) is 35.4 Å². The molecule has 1 atom stereocenters. The average Bonchev–Trinajstić information content (AvgIpc) is 2.37. The van der Waals surface area contributed by atoms with Crippen molar-refractivity contribution < 1.29 is 9.84 Å². The van der Waals surface area contributed by atoms with Gasteiger partial charge >= 0.3 is 0 Å². The second-order valence-electron chi connectivity index (χ2n) is 4.38. The van der Waals surface area contributed by atoms with E-state index in [1.165, 1.54) is 5.56 Å². The zero-order chi connectivity index (χ0) is 13.4. The second kappa shape index (κ2) is 7.88. The minimum Gasteiger partial charge on any atom is -0.384 e. The first-order valence-corrected chi connectivity index (χ1v) is 6.05. The highest BCUT2D eigenvalue weighted by Crippen LogP contribution is 2.09. The van der Waals surface area contributed by atoms with Gasteiger partial charge in [-0.05, 0) is 31.7 Å². The smallest absolute Gasteiger partial charge is 0.104 e. The zero-order valence-electron chi connectivity index (χ0n) is 11.3. The molecule has 1 N–H and O–H groups in total. The Morgan fingerprint density at radius 2 is 2.22 bits per heavy atom. The van der Waals surface area contributed by atoms with Crippen molar-refractivity contribution in [3.63, 3.8) is 0 Å². The van der Waals surface area contributed by atoms with Gasteiger partial charge in [0.25, 0.3) is 0 Å². The predicted octanol–water partition coefficient (Wildman–Crippen LogP) is 1.50. The van der Waals surface area contributed by atoms with Crippen LogP contribution in [0.15, 0.2) is 24.3 Å². The van der Waals surface area contributed by atoms with Gasteiger partial charge in [0.1, 0.15) is 6.61 Å². The van der Waals surface area contributed by atoms with Crippen LogP contribution in [0.4, 0.5) is 0 Å². The number of hydrogen-bond acceptors (Lipinski definition) is 3. The molecule has 0 radical (unpaired) electrons. The molecule has 0 aromatic heterocycles. The van der Waals surface area contributed by atoms with Gasteiger partial charge < -0.3 is 9.84 Å². The van der Waals surface area contributed by atoms with Crippen molar-refractivity contribution in [1.29, 1.82) is 0 Å². The third kappa shape index (κ3) is 4.89. The molecular formula is C15H21NO2. The van der Waals surface area contributed by atoms with Gasteiger partial charge in [0.15, 0.2) is 0 Å². The summed E-state index contributed by atoms with van der Waals surface area (Å²) in [6.07, 6.45) is 0. The SMILES string of the molecule is COCC(C)N(C)Cc1cccc(C#CCO)c1. The summed E-state index contributed by atoms with van der Waals surface area (Å²) in [5.74, 6) is 5.58.